The van der Waals surface area contributed by atoms with E-state index in [1.165, 1.54) is 0 Å². The number of aliphatic carboxylic acids is 1. The van der Waals surface area contributed by atoms with Crippen LogP contribution in [0.4, 0.5) is 0 Å². The highest BCUT2D eigenvalue weighted by molar-refractivity contribution is 5.89. The molecule has 0 spiro atoms. The minimum absolute atomic E-state index is 0.174. The van der Waals surface area contributed by atoms with Gasteiger partial charge in [0.25, 0.3) is 0 Å². The highest BCUT2D eigenvalue weighted by Crippen LogP contribution is 2.37. The van der Waals surface area contributed by atoms with Gasteiger partial charge in [0.05, 0.1) is 6.07 Å². The maximum absolute atomic E-state index is 12.1. The molecule has 0 aromatic carbocycles. The molecule has 0 aromatic heterocycles. The molecule has 0 aromatic rings. The van der Waals surface area contributed by atoms with Crippen molar-refractivity contribution in [3.63, 3.8) is 0 Å². The van der Waals surface area contributed by atoms with Gasteiger partial charge in [0.2, 0.25) is 5.91 Å². The molecule has 1 aliphatic carbocycles. The Labute approximate surface area is 107 Å². The number of amides is 1. The quantitative estimate of drug-likeness (QED) is 0.779. The molecule has 18 heavy (non-hydrogen) atoms. The summed E-state index contributed by atoms with van der Waals surface area (Å²) in [5.74, 6) is -1.29. The van der Waals surface area contributed by atoms with Crippen molar-refractivity contribution in [2.24, 2.45) is 11.3 Å². The lowest BCUT2D eigenvalue weighted by atomic mass is 9.86. The Morgan fingerprint density at radius 2 is 1.94 bits per heavy atom. The molecule has 1 atom stereocenters. The molecule has 0 bridgehead atoms. The normalized spacial score (nSPS) is 19.2. The molecule has 1 rings (SSSR count). The molecule has 100 valence electrons. The van der Waals surface area contributed by atoms with Crippen LogP contribution in [0.3, 0.4) is 0 Å². The predicted molar refractivity (Wildman–Crippen MR) is 65.5 cm³/mol. The van der Waals surface area contributed by atoms with Gasteiger partial charge in [-0.05, 0) is 25.2 Å². The third-order valence-electron chi connectivity index (χ3n) is 3.42. The van der Waals surface area contributed by atoms with Crippen molar-refractivity contribution >= 4 is 11.9 Å². The fraction of sp³-hybridized carbons (Fsp3) is 0.769. The van der Waals surface area contributed by atoms with Gasteiger partial charge < -0.3 is 10.4 Å². The van der Waals surface area contributed by atoms with Crippen LogP contribution in [-0.4, -0.2) is 23.0 Å². The van der Waals surface area contributed by atoms with Crippen LogP contribution in [0, 0.1) is 22.7 Å². The van der Waals surface area contributed by atoms with E-state index < -0.39 is 23.3 Å². The second-order valence-electron chi connectivity index (χ2n) is 5.39. The second-order valence-corrected chi connectivity index (χ2v) is 5.39. The van der Waals surface area contributed by atoms with E-state index in [4.69, 9.17) is 10.4 Å². The van der Waals surface area contributed by atoms with Gasteiger partial charge in [0.15, 0.2) is 0 Å². The molecule has 1 aliphatic rings. The summed E-state index contributed by atoms with van der Waals surface area (Å²) in [7, 11) is 0. The second kappa shape index (κ2) is 5.85. The SMILES string of the molecule is CC(C)C[C@@H](NC(=O)C1(C#N)CCCC1)C(=O)O. The summed E-state index contributed by atoms with van der Waals surface area (Å²) in [6.07, 6.45) is 3.14. The Balaban J connectivity index is 2.72. The fourth-order valence-corrected chi connectivity index (χ4v) is 2.36. The Bertz CT molecular complexity index is 365. The first-order valence-corrected chi connectivity index (χ1v) is 6.36. The summed E-state index contributed by atoms with van der Waals surface area (Å²) in [5.41, 5.74) is -1.01. The van der Waals surface area contributed by atoms with Gasteiger partial charge in [0.1, 0.15) is 11.5 Å². The molecule has 5 nitrogen and oxygen atoms in total. The number of rotatable bonds is 5. The number of carboxylic acid groups (broad SMARTS) is 1. The monoisotopic (exact) mass is 252 g/mol. The summed E-state index contributed by atoms with van der Waals surface area (Å²) in [6.45, 7) is 3.80. The lowest BCUT2D eigenvalue weighted by Crippen LogP contribution is -2.47. The Morgan fingerprint density at radius 3 is 2.33 bits per heavy atom. The molecule has 0 radical (unpaired) electrons. The van der Waals surface area contributed by atoms with Gasteiger partial charge in [-0.1, -0.05) is 26.7 Å². The number of nitriles is 1. The summed E-state index contributed by atoms with van der Waals surface area (Å²) in [4.78, 5) is 23.2. The number of hydrogen-bond acceptors (Lipinski definition) is 3. The van der Waals surface area contributed by atoms with E-state index in [1.54, 1.807) is 0 Å². The van der Waals surface area contributed by atoms with Crippen LogP contribution in [0.15, 0.2) is 0 Å². The van der Waals surface area contributed by atoms with E-state index in [0.29, 0.717) is 19.3 Å². The summed E-state index contributed by atoms with van der Waals surface area (Å²) in [5, 5.41) is 20.8. The number of nitrogens with zero attached hydrogens (tertiary/aromatic N) is 1. The molecule has 0 heterocycles. The third kappa shape index (κ3) is 3.22. The fourth-order valence-electron chi connectivity index (χ4n) is 2.36. The van der Waals surface area contributed by atoms with Crippen LogP contribution in [0.1, 0.15) is 46.0 Å². The van der Waals surface area contributed by atoms with Crippen molar-refractivity contribution in [2.75, 3.05) is 0 Å². The van der Waals surface area contributed by atoms with Gasteiger partial charge >= 0.3 is 5.97 Å². The van der Waals surface area contributed by atoms with Crippen molar-refractivity contribution in [1.82, 2.24) is 5.32 Å². The van der Waals surface area contributed by atoms with Crippen LogP contribution in [-0.2, 0) is 9.59 Å². The number of nitrogens with one attached hydrogen (secondary N) is 1. The van der Waals surface area contributed by atoms with E-state index in [2.05, 4.69) is 11.4 Å². The molecule has 1 amide bonds. The molecular formula is C13H20N2O3. The zero-order valence-electron chi connectivity index (χ0n) is 10.9. The summed E-state index contributed by atoms with van der Waals surface area (Å²) < 4.78 is 0. The van der Waals surface area contributed by atoms with Crippen LogP contribution in [0.25, 0.3) is 0 Å². The molecule has 1 fully saturated rings. The predicted octanol–water partition coefficient (Wildman–Crippen LogP) is 1.69. The van der Waals surface area contributed by atoms with E-state index in [9.17, 15) is 9.59 Å². The lowest BCUT2D eigenvalue weighted by Gasteiger charge is -2.23. The van der Waals surface area contributed by atoms with E-state index in [1.807, 2.05) is 13.8 Å². The van der Waals surface area contributed by atoms with E-state index in [0.717, 1.165) is 12.8 Å². The Morgan fingerprint density at radius 1 is 1.39 bits per heavy atom. The van der Waals surface area contributed by atoms with Crippen LogP contribution >= 0.6 is 0 Å². The smallest absolute Gasteiger partial charge is 0.326 e. The van der Waals surface area contributed by atoms with Crippen molar-refractivity contribution in [3.8, 4) is 6.07 Å². The van der Waals surface area contributed by atoms with Crippen LogP contribution in [0.5, 0.6) is 0 Å². The molecule has 0 unspecified atom stereocenters. The average molecular weight is 252 g/mol. The van der Waals surface area contributed by atoms with E-state index in [-0.39, 0.29) is 5.92 Å². The maximum Gasteiger partial charge on any atom is 0.326 e. The zero-order valence-corrected chi connectivity index (χ0v) is 10.9. The number of carboxylic acids is 1. The van der Waals surface area contributed by atoms with Crippen molar-refractivity contribution in [2.45, 2.75) is 52.0 Å². The van der Waals surface area contributed by atoms with E-state index >= 15 is 0 Å². The summed E-state index contributed by atoms with van der Waals surface area (Å²) in [6, 6.07) is 1.17. The highest BCUT2D eigenvalue weighted by atomic mass is 16.4. The van der Waals surface area contributed by atoms with Gasteiger partial charge in [-0.3, -0.25) is 4.79 Å². The lowest BCUT2D eigenvalue weighted by molar-refractivity contribution is -0.143. The Kier molecular flexibility index (Phi) is 4.71. The maximum atomic E-state index is 12.1. The Hall–Kier alpha value is -1.57. The molecule has 0 aliphatic heterocycles. The van der Waals surface area contributed by atoms with Gasteiger partial charge in [-0.25, -0.2) is 4.79 Å². The molecule has 0 saturated heterocycles. The zero-order chi connectivity index (χ0) is 13.8. The first-order valence-electron chi connectivity index (χ1n) is 6.36. The van der Waals surface area contributed by atoms with Crippen molar-refractivity contribution < 1.29 is 14.7 Å². The van der Waals surface area contributed by atoms with Gasteiger partial charge in [0, 0.05) is 0 Å². The average Bonchev–Trinajstić information content (AvgIpc) is 2.77. The largest absolute Gasteiger partial charge is 0.480 e. The van der Waals surface area contributed by atoms with Crippen LogP contribution < -0.4 is 5.32 Å². The number of hydrogen-bond donors (Lipinski definition) is 2. The third-order valence-corrected chi connectivity index (χ3v) is 3.42. The minimum atomic E-state index is -1.04. The minimum Gasteiger partial charge on any atom is -0.480 e. The first-order chi connectivity index (χ1) is 8.41. The molecule has 1 saturated carbocycles. The van der Waals surface area contributed by atoms with Crippen molar-refractivity contribution in [3.05, 3.63) is 0 Å². The topological polar surface area (TPSA) is 90.2 Å². The molecule has 5 heteroatoms. The number of carbonyl (C=O) groups is 2. The molecule has 2 N–H and O–H groups in total. The van der Waals surface area contributed by atoms with Crippen molar-refractivity contribution in [1.29, 1.82) is 5.26 Å². The molecular weight excluding hydrogens is 232 g/mol. The van der Waals surface area contributed by atoms with Gasteiger partial charge in [-0.2, -0.15) is 5.26 Å². The summed E-state index contributed by atoms with van der Waals surface area (Å²) >= 11 is 0. The highest BCUT2D eigenvalue weighted by Gasteiger charge is 2.42. The standard InChI is InChI=1S/C13H20N2O3/c1-9(2)7-10(11(16)17)15-12(18)13(8-14)5-3-4-6-13/h9-10H,3-7H2,1-2H3,(H,15,18)(H,16,17)/t10-/m1/s1. The first kappa shape index (κ1) is 14.5. The van der Waals surface area contributed by atoms with Gasteiger partial charge in [-0.15, -0.1) is 0 Å². The van der Waals surface area contributed by atoms with Crippen LogP contribution in [0.2, 0.25) is 0 Å². The number of carbonyl (C=O) groups excluding carboxylic acids is 1.